The molecule has 1 atom stereocenters. The van der Waals surface area contributed by atoms with Crippen LogP contribution in [0.1, 0.15) is 37.0 Å². The van der Waals surface area contributed by atoms with E-state index in [1.54, 1.807) is 6.92 Å². The van der Waals surface area contributed by atoms with Crippen molar-refractivity contribution in [3.8, 4) is 5.75 Å². The number of halogens is 1. The van der Waals surface area contributed by atoms with Gasteiger partial charge in [0, 0.05) is 5.56 Å². The molecule has 0 aromatic heterocycles. The monoisotopic (exact) mass is 270 g/mol. The summed E-state index contributed by atoms with van der Waals surface area (Å²) in [4.78, 5) is 0. The minimum absolute atomic E-state index is 0.349. The third-order valence-electron chi connectivity index (χ3n) is 2.48. The molecular weight excluding hydrogens is 256 g/mol. The van der Waals surface area contributed by atoms with E-state index in [0.29, 0.717) is 6.10 Å². The normalized spacial score (nSPS) is 17.6. The number of ether oxygens (including phenoxy) is 1. The molecule has 2 rings (SSSR count). The average molecular weight is 271 g/mol. The van der Waals surface area contributed by atoms with Crippen LogP contribution in [-0.4, -0.2) is 11.2 Å². The Kier molecular flexibility index (Phi) is 3.03. The zero-order valence-electron chi connectivity index (χ0n) is 8.96. The summed E-state index contributed by atoms with van der Waals surface area (Å²) in [5.41, 5.74) is 2.00. The molecule has 0 spiro atoms. The zero-order chi connectivity index (χ0) is 11.0. The minimum atomic E-state index is -0.491. The summed E-state index contributed by atoms with van der Waals surface area (Å²) in [6.45, 7) is 3.78. The lowest BCUT2D eigenvalue weighted by atomic mass is 10.1. The van der Waals surface area contributed by atoms with E-state index >= 15 is 0 Å². The van der Waals surface area contributed by atoms with Crippen molar-refractivity contribution >= 4 is 15.9 Å². The Bertz CT molecular complexity index is 370. The van der Waals surface area contributed by atoms with Gasteiger partial charge in [-0.05, 0) is 60.3 Å². The summed E-state index contributed by atoms with van der Waals surface area (Å²) >= 11 is 3.49. The first-order valence-corrected chi connectivity index (χ1v) is 6.02. The molecule has 1 aromatic rings. The van der Waals surface area contributed by atoms with Gasteiger partial charge in [-0.3, -0.25) is 0 Å². The summed E-state index contributed by atoms with van der Waals surface area (Å²) in [5, 5.41) is 9.69. The molecule has 1 aromatic carbocycles. The fourth-order valence-electron chi connectivity index (χ4n) is 1.54. The maximum Gasteiger partial charge on any atom is 0.139 e. The van der Waals surface area contributed by atoms with Crippen molar-refractivity contribution in [1.82, 2.24) is 0 Å². The lowest BCUT2D eigenvalue weighted by Gasteiger charge is -2.15. The molecule has 1 saturated carbocycles. The van der Waals surface area contributed by atoms with Crippen molar-refractivity contribution in [2.24, 2.45) is 0 Å². The van der Waals surface area contributed by atoms with Crippen LogP contribution in [0, 0.1) is 6.92 Å². The van der Waals surface area contributed by atoms with E-state index in [9.17, 15) is 5.11 Å². The first kappa shape index (κ1) is 11.0. The van der Waals surface area contributed by atoms with Gasteiger partial charge in [0.05, 0.1) is 16.7 Å². The van der Waals surface area contributed by atoms with Gasteiger partial charge in [-0.15, -0.1) is 0 Å². The van der Waals surface area contributed by atoms with Gasteiger partial charge in [0.2, 0.25) is 0 Å². The van der Waals surface area contributed by atoms with Gasteiger partial charge in [0.1, 0.15) is 5.75 Å². The highest BCUT2D eigenvalue weighted by molar-refractivity contribution is 9.10. The van der Waals surface area contributed by atoms with E-state index in [2.05, 4.69) is 15.9 Å². The van der Waals surface area contributed by atoms with Crippen molar-refractivity contribution in [2.75, 3.05) is 0 Å². The fourth-order valence-corrected chi connectivity index (χ4v) is 2.23. The largest absolute Gasteiger partial charge is 0.489 e. The van der Waals surface area contributed by atoms with E-state index in [-0.39, 0.29) is 0 Å². The Morgan fingerprint density at radius 3 is 2.67 bits per heavy atom. The minimum Gasteiger partial charge on any atom is -0.489 e. The summed E-state index contributed by atoms with van der Waals surface area (Å²) in [6, 6.07) is 4.00. The van der Waals surface area contributed by atoms with Gasteiger partial charge < -0.3 is 9.84 Å². The standard InChI is InChI=1S/C12H15BrO2/c1-7-5-10(8(2)14)12(11(13)6-7)15-9-3-4-9/h5-6,8-9,14H,3-4H2,1-2H3. The molecule has 0 amide bonds. The molecule has 0 aliphatic heterocycles. The Morgan fingerprint density at radius 1 is 1.47 bits per heavy atom. The third kappa shape index (κ3) is 2.52. The number of aryl methyl sites for hydroxylation is 1. The van der Waals surface area contributed by atoms with Crippen LogP contribution < -0.4 is 4.74 Å². The van der Waals surface area contributed by atoms with Gasteiger partial charge in [-0.2, -0.15) is 0 Å². The molecule has 1 aliphatic rings. The highest BCUT2D eigenvalue weighted by Crippen LogP contribution is 2.38. The van der Waals surface area contributed by atoms with Gasteiger partial charge in [0.15, 0.2) is 0 Å². The van der Waals surface area contributed by atoms with E-state index in [4.69, 9.17) is 4.74 Å². The topological polar surface area (TPSA) is 29.5 Å². The molecule has 1 fully saturated rings. The van der Waals surface area contributed by atoms with Crippen LogP contribution in [0.4, 0.5) is 0 Å². The van der Waals surface area contributed by atoms with E-state index in [1.165, 1.54) is 0 Å². The van der Waals surface area contributed by atoms with Crippen LogP contribution in [-0.2, 0) is 0 Å². The molecule has 0 radical (unpaired) electrons. The number of aliphatic hydroxyl groups excluding tert-OH is 1. The Hall–Kier alpha value is -0.540. The van der Waals surface area contributed by atoms with E-state index in [1.807, 2.05) is 19.1 Å². The van der Waals surface area contributed by atoms with Gasteiger partial charge in [-0.25, -0.2) is 0 Å². The Morgan fingerprint density at radius 2 is 2.13 bits per heavy atom. The van der Waals surface area contributed by atoms with Crippen LogP contribution >= 0.6 is 15.9 Å². The van der Waals surface area contributed by atoms with Crippen LogP contribution in [0.2, 0.25) is 0 Å². The van der Waals surface area contributed by atoms with Crippen molar-refractivity contribution in [2.45, 2.75) is 38.9 Å². The second-order valence-corrected chi connectivity index (χ2v) is 5.01. The molecular formula is C12H15BrO2. The quantitative estimate of drug-likeness (QED) is 0.913. The van der Waals surface area contributed by atoms with Crippen LogP contribution in [0.15, 0.2) is 16.6 Å². The highest BCUT2D eigenvalue weighted by Gasteiger charge is 2.26. The lowest BCUT2D eigenvalue weighted by molar-refractivity contribution is 0.189. The predicted octanol–water partition coefficient (Wildman–Crippen LogP) is 3.35. The molecule has 1 aliphatic carbocycles. The van der Waals surface area contributed by atoms with Gasteiger partial charge >= 0.3 is 0 Å². The molecule has 0 saturated heterocycles. The number of rotatable bonds is 3. The molecule has 1 N–H and O–H groups in total. The first-order valence-electron chi connectivity index (χ1n) is 5.22. The van der Waals surface area contributed by atoms with Crippen LogP contribution in [0.3, 0.4) is 0 Å². The molecule has 15 heavy (non-hydrogen) atoms. The van der Waals surface area contributed by atoms with Gasteiger partial charge in [0.25, 0.3) is 0 Å². The number of hydrogen-bond acceptors (Lipinski definition) is 2. The second-order valence-electron chi connectivity index (χ2n) is 4.16. The molecule has 2 nitrogen and oxygen atoms in total. The third-order valence-corrected chi connectivity index (χ3v) is 3.06. The van der Waals surface area contributed by atoms with Crippen molar-refractivity contribution in [1.29, 1.82) is 0 Å². The molecule has 0 bridgehead atoms. The number of hydrogen-bond donors (Lipinski definition) is 1. The SMILES string of the molecule is Cc1cc(Br)c(OC2CC2)c(C(C)O)c1. The predicted molar refractivity (Wildman–Crippen MR) is 63.2 cm³/mol. The first-order chi connectivity index (χ1) is 7.08. The summed E-state index contributed by atoms with van der Waals surface area (Å²) in [5.74, 6) is 0.804. The van der Waals surface area contributed by atoms with Crippen LogP contribution in [0.5, 0.6) is 5.75 Å². The summed E-state index contributed by atoms with van der Waals surface area (Å²) in [6.07, 6.45) is 2.11. The molecule has 0 heterocycles. The fraction of sp³-hybridized carbons (Fsp3) is 0.500. The second kappa shape index (κ2) is 4.14. The maximum atomic E-state index is 9.69. The molecule has 82 valence electrons. The van der Waals surface area contributed by atoms with E-state index < -0.39 is 6.10 Å². The lowest BCUT2D eigenvalue weighted by Crippen LogP contribution is -2.03. The molecule has 3 heteroatoms. The smallest absolute Gasteiger partial charge is 0.139 e. The van der Waals surface area contributed by atoms with E-state index in [0.717, 1.165) is 34.2 Å². The summed E-state index contributed by atoms with van der Waals surface area (Å²) < 4.78 is 6.73. The van der Waals surface area contributed by atoms with Crippen LogP contribution in [0.25, 0.3) is 0 Å². The highest BCUT2D eigenvalue weighted by atomic mass is 79.9. The van der Waals surface area contributed by atoms with Crippen molar-refractivity contribution in [3.05, 3.63) is 27.7 Å². The Balaban J connectivity index is 2.38. The Labute approximate surface area is 98.4 Å². The van der Waals surface area contributed by atoms with Crippen molar-refractivity contribution in [3.63, 3.8) is 0 Å². The number of benzene rings is 1. The maximum absolute atomic E-state index is 9.69. The summed E-state index contributed by atoms with van der Waals surface area (Å²) in [7, 11) is 0. The van der Waals surface area contributed by atoms with Gasteiger partial charge in [-0.1, -0.05) is 0 Å². The van der Waals surface area contributed by atoms with Crippen molar-refractivity contribution < 1.29 is 9.84 Å². The number of aliphatic hydroxyl groups is 1. The zero-order valence-corrected chi connectivity index (χ0v) is 10.5. The average Bonchev–Trinajstić information content (AvgIpc) is 2.92. The molecule has 1 unspecified atom stereocenters.